The lowest BCUT2D eigenvalue weighted by molar-refractivity contribution is -0.313. The molecule has 4 aliphatic rings. The molecule has 10 heteroatoms. The minimum absolute atomic E-state index is 0.00740. The average Bonchev–Trinajstić information content (AvgIpc) is 3.16. The van der Waals surface area contributed by atoms with Gasteiger partial charge in [-0.2, -0.15) is 0 Å². The van der Waals surface area contributed by atoms with Crippen molar-refractivity contribution in [3.63, 3.8) is 0 Å². The number of allylic oxidation sites excluding steroid dienone is 2. The van der Waals surface area contributed by atoms with Gasteiger partial charge in [-0.1, -0.05) is 32.1 Å². The van der Waals surface area contributed by atoms with Gasteiger partial charge in [0.1, 0.15) is 37.1 Å². The molecule has 2 saturated heterocycles. The largest absolute Gasteiger partial charge is 0.459 e. The van der Waals surface area contributed by atoms with Crippen molar-refractivity contribution < 1.29 is 49.6 Å². The Morgan fingerprint density at radius 3 is 2.47 bits per heavy atom. The van der Waals surface area contributed by atoms with E-state index in [9.17, 15) is 35.4 Å². The van der Waals surface area contributed by atoms with Gasteiger partial charge in [0.25, 0.3) is 0 Å². The van der Waals surface area contributed by atoms with Gasteiger partial charge >= 0.3 is 5.97 Å². The van der Waals surface area contributed by atoms with Crippen LogP contribution < -0.4 is 0 Å². The number of hydrogen-bond acceptors (Lipinski definition) is 10. The summed E-state index contributed by atoms with van der Waals surface area (Å²) in [5, 5.41) is 61.3. The molecule has 0 aromatic rings. The molecular weight excluding hydrogens is 472 g/mol. The van der Waals surface area contributed by atoms with E-state index in [0.29, 0.717) is 12.8 Å². The number of ether oxygens (including phenoxy) is 3. The third kappa shape index (κ3) is 4.67. The predicted molar refractivity (Wildman–Crippen MR) is 126 cm³/mol. The van der Waals surface area contributed by atoms with Crippen molar-refractivity contribution in [2.24, 2.45) is 22.7 Å². The van der Waals surface area contributed by atoms with Crippen molar-refractivity contribution in [2.45, 2.75) is 88.9 Å². The number of carbonyl (C=O) groups excluding carboxylic acids is 1. The molecule has 0 spiro atoms. The number of hydrogen-bond donors (Lipinski definition) is 6. The molecule has 0 amide bonds. The minimum atomic E-state index is -1.54. The highest BCUT2D eigenvalue weighted by Gasteiger charge is 2.58. The van der Waals surface area contributed by atoms with Gasteiger partial charge in [-0.3, -0.25) is 0 Å². The summed E-state index contributed by atoms with van der Waals surface area (Å²) in [7, 11) is 0. The van der Waals surface area contributed by atoms with E-state index in [4.69, 9.17) is 14.2 Å². The zero-order chi connectivity index (χ0) is 26.4. The number of rotatable bonds is 6. The molecule has 2 saturated carbocycles. The van der Waals surface area contributed by atoms with Crippen LogP contribution in [0.3, 0.4) is 0 Å². The summed E-state index contributed by atoms with van der Waals surface area (Å²) in [5.41, 5.74) is 0.356. The Kier molecular flexibility index (Phi) is 8.00. The molecule has 0 bridgehead atoms. The molecule has 11 atom stereocenters. The fraction of sp³-hybridized carbons (Fsp3) is 0.808. The lowest BCUT2D eigenvalue weighted by atomic mass is 9.46. The fourth-order valence-corrected chi connectivity index (χ4v) is 7.01. The van der Waals surface area contributed by atoms with Crippen LogP contribution in [0.5, 0.6) is 0 Å². The van der Waals surface area contributed by atoms with Gasteiger partial charge in [-0.05, 0) is 49.4 Å². The van der Waals surface area contributed by atoms with Crippen LogP contribution in [0.2, 0.25) is 0 Å². The first kappa shape index (κ1) is 27.7. The summed E-state index contributed by atoms with van der Waals surface area (Å²) < 4.78 is 16.4. The van der Waals surface area contributed by atoms with Crippen LogP contribution >= 0.6 is 0 Å². The van der Waals surface area contributed by atoms with Gasteiger partial charge in [0, 0.05) is 5.41 Å². The third-order valence-electron chi connectivity index (χ3n) is 9.30. The smallest absolute Gasteiger partial charge is 0.336 e. The highest BCUT2D eigenvalue weighted by atomic mass is 16.7. The molecule has 2 aliphatic heterocycles. The molecule has 6 N–H and O–H groups in total. The molecule has 10 nitrogen and oxygen atoms in total. The molecule has 36 heavy (non-hydrogen) atoms. The van der Waals surface area contributed by atoms with Crippen LogP contribution in [0.25, 0.3) is 0 Å². The van der Waals surface area contributed by atoms with Gasteiger partial charge in [-0.25, -0.2) is 4.79 Å². The zero-order valence-corrected chi connectivity index (χ0v) is 21.0. The minimum Gasteiger partial charge on any atom is -0.459 e. The summed E-state index contributed by atoms with van der Waals surface area (Å²) in [5.74, 6) is -0.473. The van der Waals surface area contributed by atoms with Gasteiger partial charge in [0.2, 0.25) is 0 Å². The maximum atomic E-state index is 12.0. The summed E-state index contributed by atoms with van der Waals surface area (Å²) in [6.45, 7) is 7.89. The lowest BCUT2D eigenvalue weighted by Crippen LogP contribution is -2.61. The second-order valence-electron chi connectivity index (χ2n) is 11.4. The number of aliphatic hydroxyl groups excluding tert-OH is 6. The normalized spacial score (nSPS) is 48.7. The maximum Gasteiger partial charge on any atom is 0.336 e. The number of fused-ring (bicyclic) bond motifs is 1. The van der Waals surface area contributed by atoms with Gasteiger partial charge in [0.05, 0.1) is 24.9 Å². The van der Waals surface area contributed by atoms with Crippen LogP contribution in [-0.4, -0.2) is 99.3 Å². The van der Waals surface area contributed by atoms with Crippen molar-refractivity contribution in [1.29, 1.82) is 0 Å². The Morgan fingerprint density at radius 1 is 1.11 bits per heavy atom. The fourth-order valence-electron chi connectivity index (χ4n) is 7.01. The monoisotopic (exact) mass is 512 g/mol. The van der Waals surface area contributed by atoms with Crippen LogP contribution in [0.15, 0.2) is 23.8 Å². The molecule has 4 fully saturated rings. The number of aliphatic hydroxyl groups is 6. The van der Waals surface area contributed by atoms with Gasteiger partial charge in [0.15, 0.2) is 6.29 Å². The molecule has 0 unspecified atom stereocenters. The molecule has 0 aromatic carbocycles. The van der Waals surface area contributed by atoms with Gasteiger partial charge < -0.3 is 44.8 Å². The summed E-state index contributed by atoms with van der Waals surface area (Å²) in [6.07, 6.45) is -3.42. The van der Waals surface area contributed by atoms with E-state index in [1.54, 1.807) is 6.08 Å². The van der Waals surface area contributed by atoms with Crippen LogP contribution in [0.4, 0.5) is 0 Å². The van der Waals surface area contributed by atoms with E-state index in [2.05, 4.69) is 13.5 Å². The van der Waals surface area contributed by atoms with E-state index in [1.807, 2.05) is 6.92 Å². The van der Waals surface area contributed by atoms with E-state index in [0.717, 1.165) is 24.8 Å². The van der Waals surface area contributed by atoms with Gasteiger partial charge in [-0.15, -0.1) is 0 Å². The van der Waals surface area contributed by atoms with Crippen LogP contribution in [0, 0.1) is 22.7 Å². The molecule has 0 radical (unpaired) electrons. The molecule has 0 aromatic heterocycles. The number of esters is 1. The Labute approximate surface area is 211 Å². The second kappa shape index (κ2) is 10.4. The molecule has 204 valence electrons. The highest BCUT2D eigenvalue weighted by Crippen LogP contribution is 2.62. The standard InChI is InChI=1S/C26H40O10/c1-13-4-7-18-25(2,15(13)6-5-14-16(28)11-34-23(14)33)9-8-19(29)26(18,3)12-35-24-22(32)21(31)20(30)17(10-27)36-24/h5,15-22,24,27-32H,1,4,6-12H2,2-3H3/b14-5+/t15-,16-,17-,18+,19-,20-,21+,22-,24-,25+,26+/m1/s1. The van der Waals surface area contributed by atoms with Crippen molar-refractivity contribution in [3.05, 3.63) is 23.8 Å². The SMILES string of the molecule is C=C1CC[C@@H]2[C@](C)(CO[C@@H]3O[C@H](CO)[C@@H](O)[C@H](O)[C@H]3O)[C@H](O)CC[C@@]2(C)[C@@H]1C/C=C1/C(=O)OC[C@H]1O. The Balaban J connectivity index is 1.54. The lowest BCUT2D eigenvalue weighted by Gasteiger charge is -2.60. The second-order valence-corrected chi connectivity index (χ2v) is 11.4. The van der Waals surface area contributed by atoms with Crippen molar-refractivity contribution in [3.8, 4) is 0 Å². The number of cyclic esters (lactones) is 1. The first-order valence-corrected chi connectivity index (χ1v) is 12.8. The Morgan fingerprint density at radius 2 is 1.83 bits per heavy atom. The summed E-state index contributed by atoms with van der Waals surface area (Å²) in [6, 6.07) is 0. The maximum absolute atomic E-state index is 12.0. The molecule has 2 aliphatic carbocycles. The van der Waals surface area contributed by atoms with Crippen molar-refractivity contribution in [2.75, 3.05) is 19.8 Å². The van der Waals surface area contributed by atoms with Crippen LogP contribution in [-0.2, 0) is 19.0 Å². The third-order valence-corrected chi connectivity index (χ3v) is 9.30. The van der Waals surface area contributed by atoms with Crippen molar-refractivity contribution >= 4 is 5.97 Å². The first-order chi connectivity index (χ1) is 16.9. The first-order valence-electron chi connectivity index (χ1n) is 12.8. The quantitative estimate of drug-likeness (QED) is 0.159. The van der Waals surface area contributed by atoms with E-state index in [1.165, 1.54) is 0 Å². The highest BCUT2D eigenvalue weighted by molar-refractivity contribution is 5.91. The molecular formula is C26H40O10. The van der Waals surface area contributed by atoms with Crippen molar-refractivity contribution in [1.82, 2.24) is 0 Å². The number of carbonyl (C=O) groups is 1. The van der Waals surface area contributed by atoms with E-state index >= 15 is 0 Å². The van der Waals surface area contributed by atoms with E-state index in [-0.39, 0.29) is 36.0 Å². The summed E-state index contributed by atoms with van der Waals surface area (Å²) >= 11 is 0. The summed E-state index contributed by atoms with van der Waals surface area (Å²) in [4.78, 5) is 12.0. The predicted octanol–water partition coefficient (Wildman–Crippen LogP) is -0.213. The molecule has 2 heterocycles. The topological polar surface area (TPSA) is 166 Å². The average molecular weight is 513 g/mol. The zero-order valence-electron chi connectivity index (χ0n) is 21.0. The Bertz CT molecular complexity index is 873. The molecule has 4 rings (SSSR count). The van der Waals surface area contributed by atoms with Crippen LogP contribution in [0.1, 0.15) is 46.0 Å². The Hall–Kier alpha value is -1.37. The van der Waals surface area contributed by atoms with E-state index < -0.39 is 60.9 Å².